The van der Waals surface area contributed by atoms with Crippen LogP contribution in [0.1, 0.15) is 24.4 Å². The number of furan rings is 1. The van der Waals surface area contributed by atoms with Gasteiger partial charge in [0, 0.05) is 6.42 Å². The SMILES string of the molecule is C#CCCCNCc1ccc(C)o1. The highest BCUT2D eigenvalue weighted by atomic mass is 16.3. The minimum Gasteiger partial charge on any atom is -0.465 e. The van der Waals surface area contributed by atoms with E-state index in [4.69, 9.17) is 10.8 Å². The van der Waals surface area contributed by atoms with E-state index in [2.05, 4.69) is 11.2 Å². The van der Waals surface area contributed by atoms with Crippen LogP contribution in [0, 0.1) is 19.3 Å². The summed E-state index contributed by atoms with van der Waals surface area (Å²) in [6.07, 6.45) is 6.99. The van der Waals surface area contributed by atoms with Crippen LogP contribution in [0.4, 0.5) is 0 Å². The van der Waals surface area contributed by atoms with Crippen LogP contribution in [0.3, 0.4) is 0 Å². The van der Waals surface area contributed by atoms with Gasteiger partial charge in [0.15, 0.2) is 0 Å². The summed E-state index contributed by atoms with van der Waals surface area (Å²) in [7, 11) is 0. The lowest BCUT2D eigenvalue weighted by atomic mass is 10.3. The van der Waals surface area contributed by atoms with E-state index in [1.165, 1.54) is 0 Å². The quantitative estimate of drug-likeness (QED) is 0.550. The standard InChI is InChI=1S/C11H15NO/c1-3-4-5-8-12-9-11-7-6-10(2)13-11/h1,6-7,12H,4-5,8-9H2,2H3. The Morgan fingerprint density at radius 3 is 3.00 bits per heavy atom. The molecule has 70 valence electrons. The first kappa shape index (κ1) is 9.88. The van der Waals surface area contributed by atoms with Gasteiger partial charge < -0.3 is 9.73 Å². The van der Waals surface area contributed by atoms with Gasteiger partial charge in [-0.2, -0.15) is 0 Å². The number of rotatable bonds is 5. The van der Waals surface area contributed by atoms with Crippen molar-refractivity contribution in [3.8, 4) is 12.3 Å². The van der Waals surface area contributed by atoms with Crippen LogP contribution in [-0.2, 0) is 6.54 Å². The molecule has 0 saturated heterocycles. The molecule has 0 unspecified atom stereocenters. The second kappa shape index (κ2) is 5.45. The van der Waals surface area contributed by atoms with E-state index in [9.17, 15) is 0 Å². The van der Waals surface area contributed by atoms with E-state index in [0.717, 1.165) is 37.5 Å². The monoisotopic (exact) mass is 177 g/mol. The van der Waals surface area contributed by atoms with Crippen molar-refractivity contribution in [2.24, 2.45) is 0 Å². The van der Waals surface area contributed by atoms with E-state index >= 15 is 0 Å². The summed E-state index contributed by atoms with van der Waals surface area (Å²) in [5.74, 6) is 4.55. The fourth-order valence-electron chi connectivity index (χ4n) is 1.11. The lowest BCUT2D eigenvalue weighted by Crippen LogP contribution is -2.13. The van der Waals surface area contributed by atoms with Crippen molar-refractivity contribution in [2.45, 2.75) is 26.3 Å². The molecule has 0 amide bonds. The maximum atomic E-state index is 5.39. The Morgan fingerprint density at radius 2 is 2.38 bits per heavy atom. The summed E-state index contributed by atoms with van der Waals surface area (Å²) in [5, 5.41) is 3.26. The number of unbranched alkanes of at least 4 members (excludes halogenated alkanes) is 1. The topological polar surface area (TPSA) is 25.2 Å². The number of terminal acetylenes is 1. The molecule has 0 fully saturated rings. The van der Waals surface area contributed by atoms with Gasteiger partial charge in [0.25, 0.3) is 0 Å². The lowest BCUT2D eigenvalue weighted by molar-refractivity contribution is 0.461. The first-order valence-electron chi connectivity index (χ1n) is 4.52. The summed E-state index contributed by atoms with van der Waals surface area (Å²) in [6, 6.07) is 3.96. The first-order valence-corrected chi connectivity index (χ1v) is 4.52. The molecule has 0 aromatic carbocycles. The Kier molecular flexibility index (Phi) is 4.14. The Labute approximate surface area is 79.3 Å². The van der Waals surface area contributed by atoms with Gasteiger partial charge in [0.2, 0.25) is 0 Å². The molecule has 0 saturated carbocycles. The Balaban J connectivity index is 2.10. The second-order valence-electron chi connectivity index (χ2n) is 3.00. The van der Waals surface area contributed by atoms with Gasteiger partial charge in [-0.05, 0) is 32.0 Å². The predicted octanol–water partition coefficient (Wildman–Crippen LogP) is 2.09. The van der Waals surface area contributed by atoms with Gasteiger partial charge in [-0.1, -0.05) is 0 Å². The van der Waals surface area contributed by atoms with Crippen molar-refractivity contribution >= 4 is 0 Å². The largest absolute Gasteiger partial charge is 0.465 e. The van der Waals surface area contributed by atoms with E-state index in [-0.39, 0.29) is 0 Å². The zero-order chi connectivity index (χ0) is 9.52. The smallest absolute Gasteiger partial charge is 0.117 e. The number of nitrogens with one attached hydrogen (secondary N) is 1. The third-order valence-corrected chi connectivity index (χ3v) is 1.77. The number of hydrogen-bond acceptors (Lipinski definition) is 2. The Bertz CT molecular complexity index is 283. The molecule has 1 aromatic rings. The molecule has 0 aliphatic carbocycles. The zero-order valence-electron chi connectivity index (χ0n) is 7.97. The van der Waals surface area contributed by atoms with Crippen LogP contribution >= 0.6 is 0 Å². The number of aryl methyl sites for hydroxylation is 1. The first-order chi connectivity index (χ1) is 6.33. The number of hydrogen-bond donors (Lipinski definition) is 1. The minimum absolute atomic E-state index is 0.790. The van der Waals surface area contributed by atoms with Gasteiger partial charge in [-0.25, -0.2) is 0 Å². The molecule has 13 heavy (non-hydrogen) atoms. The van der Waals surface area contributed by atoms with E-state index in [1.54, 1.807) is 0 Å². The van der Waals surface area contributed by atoms with Crippen molar-refractivity contribution in [1.82, 2.24) is 5.32 Å². The zero-order valence-corrected chi connectivity index (χ0v) is 7.97. The van der Waals surface area contributed by atoms with Crippen LogP contribution < -0.4 is 5.32 Å². The van der Waals surface area contributed by atoms with E-state index in [0.29, 0.717) is 0 Å². The average molecular weight is 177 g/mol. The van der Waals surface area contributed by atoms with Crippen molar-refractivity contribution < 1.29 is 4.42 Å². The van der Waals surface area contributed by atoms with Crippen molar-refractivity contribution in [3.05, 3.63) is 23.7 Å². The van der Waals surface area contributed by atoms with E-state index < -0.39 is 0 Å². The van der Waals surface area contributed by atoms with Gasteiger partial charge in [0.1, 0.15) is 11.5 Å². The summed E-state index contributed by atoms with van der Waals surface area (Å²) < 4.78 is 5.39. The third kappa shape index (κ3) is 3.82. The molecule has 0 bridgehead atoms. The van der Waals surface area contributed by atoms with Crippen molar-refractivity contribution in [1.29, 1.82) is 0 Å². The fourth-order valence-corrected chi connectivity index (χ4v) is 1.11. The highest BCUT2D eigenvalue weighted by Crippen LogP contribution is 2.05. The van der Waals surface area contributed by atoms with Crippen LogP contribution in [0.15, 0.2) is 16.5 Å². The Morgan fingerprint density at radius 1 is 1.54 bits per heavy atom. The maximum absolute atomic E-state index is 5.39. The maximum Gasteiger partial charge on any atom is 0.117 e. The van der Waals surface area contributed by atoms with E-state index in [1.807, 2.05) is 19.1 Å². The minimum atomic E-state index is 0.790. The molecule has 1 heterocycles. The third-order valence-electron chi connectivity index (χ3n) is 1.77. The molecule has 0 atom stereocenters. The summed E-state index contributed by atoms with van der Waals surface area (Å²) >= 11 is 0. The normalized spacial score (nSPS) is 9.85. The highest BCUT2D eigenvalue weighted by molar-refractivity contribution is 5.05. The van der Waals surface area contributed by atoms with Crippen LogP contribution in [-0.4, -0.2) is 6.54 Å². The average Bonchev–Trinajstić information content (AvgIpc) is 2.51. The van der Waals surface area contributed by atoms with Gasteiger partial charge >= 0.3 is 0 Å². The van der Waals surface area contributed by atoms with Crippen LogP contribution in [0.2, 0.25) is 0 Å². The molecule has 0 aliphatic rings. The molecule has 1 N–H and O–H groups in total. The molecule has 1 rings (SSSR count). The molecule has 1 aromatic heterocycles. The Hall–Kier alpha value is -1.20. The molecular formula is C11H15NO. The second-order valence-corrected chi connectivity index (χ2v) is 3.00. The molecular weight excluding hydrogens is 162 g/mol. The molecule has 2 heteroatoms. The molecule has 2 nitrogen and oxygen atoms in total. The van der Waals surface area contributed by atoms with Crippen molar-refractivity contribution in [3.63, 3.8) is 0 Å². The predicted molar refractivity (Wildman–Crippen MR) is 53.2 cm³/mol. The summed E-state index contributed by atoms with van der Waals surface area (Å²) in [5.41, 5.74) is 0. The van der Waals surface area contributed by atoms with Crippen LogP contribution in [0.5, 0.6) is 0 Å². The van der Waals surface area contributed by atoms with Gasteiger partial charge in [-0.15, -0.1) is 12.3 Å². The van der Waals surface area contributed by atoms with Gasteiger partial charge in [0.05, 0.1) is 6.54 Å². The summed E-state index contributed by atoms with van der Waals surface area (Å²) in [4.78, 5) is 0. The highest BCUT2D eigenvalue weighted by Gasteiger charge is 1.96. The van der Waals surface area contributed by atoms with Crippen LogP contribution in [0.25, 0.3) is 0 Å². The summed E-state index contributed by atoms with van der Waals surface area (Å²) in [6.45, 7) is 3.68. The van der Waals surface area contributed by atoms with Crippen molar-refractivity contribution in [2.75, 3.05) is 6.54 Å². The molecule has 0 radical (unpaired) electrons. The van der Waals surface area contributed by atoms with Gasteiger partial charge in [-0.3, -0.25) is 0 Å². The molecule has 0 spiro atoms. The molecule has 0 aliphatic heterocycles. The lowest BCUT2D eigenvalue weighted by Gasteiger charge is -1.99. The fraction of sp³-hybridized carbons (Fsp3) is 0.455.